The summed E-state index contributed by atoms with van der Waals surface area (Å²) in [6.07, 6.45) is 0. The van der Waals surface area contributed by atoms with Gasteiger partial charge in [-0.2, -0.15) is 0 Å². The van der Waals surface area contributed by atoms with Crippen molar-refractivity contribution in [3.05, 3.63) is 0 Å². The molecule has 0 fully saturated rings. The molecule has 0 amide bonds. The molecular weight excluding hydrogens is 238 g/mol. The number of nitrogens with one attached hydrogen (secondary N) is 2. The van der Waals surface area contributed by atoms with Gasteiger partial charge in [-0.1, -0.05) is 13.8 Å². The van der Waals surface area contributed by atoms with Gasteiger partial charge in [0.2, 0.25) is 5.12 Å². The lowest BCUT2D eigenvalue weighted by atomic mass is 10.2. The summed E-state index contributed by atoms with van der Waals surface area (Å²) in [5, 5.41) is 6.18. The van der Waals surface area contributed by atoms with Crippen molar-refractivity contribution in [2.75, 3.05) is 39.4 Å². The molecule has 0 rings (SSSR count). The average molecular weight is 263 g/mol. The van der Waals surface area contributed by atoms with Crippen LogP contribution in [0.2, 0.25) is 0 Å². The smallest absolute Gasteiger partial charge is 0.204 e. The van der Waals surface area contributed by atoms with Crippen LogP contribution in [-0.4, -0.2) is 50.5 Å². The summed E-state index contributed by atoms with van der Waals surface area (Å²) >= 11 is 3.86. The zero-order valence-corrected chi connectivity index (χ0v) is 11.6. The molecule has 6 heteroatoms. The van der Waals surface area contributed by atoms with E-state index in [0.29, 0.717) is 38.8 Å². The van der Waals surface area contributed by atoms with E-state index in [9.17, 15) is 4.79 Å². The normalized spacial score (nSPS) is 13.0. The second-order valence-corrected chi connectivity index (χ2v) is 4.74. The maximum absolute atomic E-state index is 11.2. The number of thiol groups is 1. The van der Waals surface area contributed by atoms with Gasteiger partial charge in [-0.3, -0.25) is 4.79 Å². The molecule has 0 aliphatic rings. The number of hydrogen-bond acceptors (Lipinski definition) is 5. The van der Waals surface area contributed by atoms with Gasteiger partial charge < -0.3 is 21.1 Å². The molecular formula is C11H25N3O2S. The highest BCUT2D eigenvalue weighted by atomic mass is 32.1. The number of carbonyl (C=O) groups is 1. The molecule has 0 saturated carbocycles. The zero-order chi connectivity index (χ0) is 13.1. The van der Waals surface area contributed by atoms with Crippen LogP contribution in [-0.2, 0) is 9.53 Å². The van der Waals surface area contributed by atoms with Crippen molar-refractivity contribution in [1.29, 1.82) is 0 Å². The number of hydrogen-bond donors (Lipinski definition) is 4. The van der Waals surface area contributed by atoms with E-state index >= 15 is 0 Å². The maximum atomic E-state index is 11.2. The molecule has 0 radical (unpaired) electrons. The lowest BCUT2D eigenvalue weighted by Crippen LogP contribution is -2.44. The van der Waals surface area contributed by atoms with Crippen LogP contribution in [0.3, 0.4) is 0 Å². The first-order chi connectivity index (χ1) is 8.07. The van der Waals surface area contributed by atoms with E-state index in [4.69, 9.17) is 10.5 Å². The average Bonchev–Trinajstić information content (AvgIpc) is 2.26. The quantitative estimate of drug-likeness (QED) is 0.302. The third kappa shape index (κ3) is 10.7. The first-order valence-electron chi connectivity index (χ1n) is 6.02. The van der Waals surface area contributed by atoms with Gasteiger partial charge in [0.1, 0.15) is 0 Å². The number of rotatable bonds is 11. The minimum absolute atomic E-state index is 0.138. The predicted molar refractivity (Wildman–Crippen MR) is 73.4 cm³/mol. The largest absolute Gasteiger partial charge is 0.379 e. The topological polar surface area (TPSA) is 76.4 Å². The Hall–Kier alpha value is -0.140. The Kier molecular flexibility index (Phi) is 10.9. The fourth-order valence-electron chi connectivity index (χ4n) is 1.20. The Bertz CT molecular complexity index is 203. The molecule has 1 unspecified atom stereocenters. The summed E-state index contributed by atoms with van der Waals surface area (Å²) in [6.45, 7) is 8.00. The van der Waals surface area contributed by atoms with Gasteiger partial charge in [-0.05, 0) is 12.5 Å². The molecule has 4 N–H and O–H groups in total. The van der Waals surface area contributed by atoms with Crippen LogP contribution in [0.1, 0.15) is 13.8 Å². The molecule has 17 heavy (non-hydrogen) atoms. The number of carbonyl (C=O) groups excluding carboxylic acids is 1. The summed E-state index contributed by atoms with van der Waals surface area (Å²) < 4.78 is 5.21. The van der Waals surface area contributed by atoms with Crippen LogP contribution in [0.5, 0.6) is 0 Å². The summed E-state index contributed by atoms with van der Waals surface area (Å²) in [6, 6.07) is -0.241. The van der Waals surface area contributed by atoms with E-state index in [-0.39, 0.29) is 11.2 Å². The number of nitrogens with two attached hydrogens (primary N) is 1. The molecule has 0 saturated heterocycles. The van der Waals surface area contributed by atoms with Crippen molar-refractivity contribution in [2.45, 2.75) is 19.9 Å². The SMILES string of the molecule is CC(C)CNC(CNCCOCCN)C(=O)S. The Morgan fingerprint density at radius 2 is 2.06 bits per heavy atom. The molecule has 0 aromatic rings. The molecule has 0 aliphatic heterocycles. The maximum Gasteiger partial charge on any atom is 0.204 e. The summed E-state index contributed by atoms with van der Waals surface area (Å²) in [5.74, 6) is 0.512. The van der Waals surface area contributed by atoms with Crippen LogP contribution < -0.4 is 16.4 Å². The molecule has 0 heterocycles. The van der Waals surface area contributed by atoms with Gasteiger partial charge in [-0.15, -0.1) is 12.6 Å². The minimum atomic E-state index is -0.241. The molecule has 5 nitrogen and oxygen atoms in total. The van der Waals surface area contributed by atoms with E-state index < -0.39 is 0 Å². The second kappa shape index (κ2) is 11.0. The Labute approximate surface area is 109 Å². The first kappa shape index (κ1) is 16.9. The van der Waals surface area contributed by atoms with E-state index in [0.717, 1.165) is 6.54 Å². The van der Waals surface area contributed by atoms with Gasteiger partial charge in [0.15, 0.2) is 0 Å². The second-order valence-electron chi connectivity index (χ2n) is 4.30. The lowest BCUT2D eigenvalue weighted by Gasteiger charge is -2.17. The van der Waals surface area contributed by atoms with E-state index in [1.807, 2.05) is 0 Å². The summed E-state index contributed by atoms with van der Waals surface area (Å²) in [7, 11) is 0. The highest BCUT2D eigenvalue weighted by molar-refractivity contribution is 7.96. The fourth-order valence-corrected chi connectivity index (χ4v) is 1.38. The fraction of sp³-hybridized carbons (Fsp3) is 0.909. The molecule has 1 atom stereocenters. The third-order valence-corrected chi connectivity index (χ3v) is 2.42. The molecule has 0 aliphatic carbocycles. The van der Waals surface area contributed by atoms with E-state index in [1.54, 1.807) is 0 Å². The number of ether oxygens (including phenoxy) is 1. The highest BCUT2D eigenvalue weighted by Crippen LogP contribution is 1.93. The van der Waals surface area contributed by atoms with E-state index in [1.165, 1.54) is 0 Å². The van der Waals surface area contributed by atoms with Gasteiger partial charge >= 0.3 is 0 Å². The summed E-state index contributed by atoms with van der Waals surface area (Å²) in [4.78, 5) is 11.2. The summed E-state index contributed by atoms with van der Waals surface area (Å²) in [5.41, 5.74) is 5.29. The highest BCUT2D eigenvalue weighted by Gasteiger charge is 2.13. The molecule has 102 valence electrons. The van der Waals surface area contributed by atoms with Gasteiger partial charge in [0.05, 0.1) is 19.3 Å². The Morgan fingerprint density at radius 3 is 2.59 bits per heavy atom. The van der Waals surface area contributed by atoms with Gasteiger partial charge in [0.25, 0.3) is 0 Å². The molecule has 0 spiro atoms. The van der Waals surface area contributed by atoms with Crippen molar-refractivity contribution < 1.29 is 9.53 Å². The molecule has 0 bridgehead atoms. The van der Waals surface area contributed by atoms with Crippen LogP contribution in [0, 0.1) is 5.92 Å². The third-order valence-electron chi connectivity index (χ3n) is 2.10. The standard InChI is InChI=1S/C11H25N3O2S/c1-9(2)7-14-10(11(15)17)8-13-4-6-16-5-3-12/h9-10,13-14H,3-8,12H2,1-2H3,(H,15,17). The van der Waals surface area contributed by atoms with Crippen molar-refractivity contribution >= 4 is 17.7 Å². The lowest BCUT2D eigenvalue weighted by molar-refractivity contribution is -0.112. The van der Waals surface area contributed by atoms with Crippen molar-refractivity contribution in [1.82, 2.24) is 10.6 Å². The van der Waals surface area contributed by atoms with Crippen LogP contribution in [0.4, 0.5) is 0 Å². The van der Waals surface area contributed by atoms with Gasteiger partial charge in [0, 0.05) is 19.6 Å². The van der Waals surface area contributed by atoms with Gasteiger partial charge in [-0.25, -0.2) is 0 Å². The minimum Gasteiger partial charge on any atom is -0.379 e. The van der Waals surface area contributed by atoms with Crippen molar-refractivity contribution in [3.63, 3.8) is 0 Å². The molecule has 0 aromatic heterocycles. The van der Waals surface area contributed by atoms with Crippen LogP contribution >= 0.6 is 12.6 Å². The monoisotopic (exact) mass is 263 g/mol. The van der Waals surface area contributed by atoms with Crippen LogP contribution in [0.15, 0.2) is 0 Å². The van der Waals surface area contributed by atoms with Crippen molar-refractivity contribution in [2.24, 2.45) is 11.7 Å². The predicted octanol–water partition coefficient (Wildman–Crippen LogP) is -0.378. The Balaban J connectivity index is 3.60. The molecule has 0 aromatic carbocycles. The first-order valence-corrected chi connectivity index (χ1v) is 6.47. The van der Waals surface area contributed by atoms with Crippen molar-refractivity contribution in [3.8, 4) is 0 Å². The zero-order valence-electron chi connectivity index (χ0n) is 10.7. The van der Waals surface area contributed by atoms with Crippen LogP contribution in [0.25, 0.3) is 0 Å². The Morgan fingerprint density at radius 1 is 1.35 bits per heavy atom. The van der Waals surface area contributed by atoms with E-state index in [2.05, 4.69) is 37.1 Å².